The van der Waals surface area contributed by atoms with Gasteiger partial charge in [-0.25, -0.2) is 0 Å². The molecule has 0 spiro atoms. The van der Waals surface area contributed by atoms with Crippen molar-refractivity contribution in [2.45, 2.75) is 5.38 Å². The molecule has 1 rings (SSSR count). The van der Waals surface area contributed by atoms with Gasteiger partial charge < -0.3 is 5.11 Å². The third kappa shape index (κ3) is 1.90. The zero-order valence-corrected chi connectivity index (χ0v) is 7.51. The Morgan fingerprint density at radius 3 is 2.50 bits per heavy atom. The lowest BCUT2D eigenvalue weighted by Gasteiger charge is -2.05. The summed E-state index contributed by atoms with van der Waals surface area (Å²) in [4.78, 5) is 10.5. The van der Waals surface area contributed by atoms with Crippen LogP contribution in [0.15, 0.2) is 24.3 Å². The lowest BCUT2D eigenvalue weighted by atomic mass is 10.1. The summed E-state index contributed by atoms with van der Waals surface area (Å²) in [5, 5.41) is 7.87. The van der Waals surface area contributed by atoms with Crippen molar-refractivity contribution in [3.05, 3.63) is 34.9 Å². The minimum absolute atomic E-state index is 0.375. The van der Waals surface area contributed by atoms with Crippen molar-refractivity contribution in [3.63, 3.8) is 0 Å². The summed E-state index contributed by atoms with van der Waals surface area (Å²) in [6.07, 6.45) is 0. The quantitative estimate of drug-likeness (QED) is 0.753. The number of carboxylic acids is 1. The maximum absolute atomic E-state index is 10.5. The summed E-state index contributed by atoms with van der Waals surface area (Å²) in [6, 6.07) is 6.61. The minimum atomic E-state index is -1.09. The van der Waals surface area contributed by atoms with E-state index in [0.29, 0.717) is 10.6 Å². The number of hydrogen-bond acceptors (Lipinski definition) is 1. The molecule has 0 heterocycles. The Morgan fingerprint density at radius 2 is 2.00 bits per heavy atom. The van der Waals surface area contributed by atoms with E-state index in [2.05, 4.69) is 0 Å². The third-order valence-electron chi connectivity index (χ3n) is 1.40. The van der Waals surface area contributed by atoms with Gasteiger partial charge in [0.15, 0.2) is 5.38 Å². The normalized spacial score (nSPS) is 12.5. The molecule has 0 aromatic heterocycles. The van der Waals surface area contributed by atoms with Crippen molar-refractivity contribution in [1.82, 2.24) is 0 Å². The molecule has 64 valence electrons. The van der Waals surface area contributed by atoms with Crippen molar-refractivity contribution in [2.24, 2.45) is 0 Å². The Balaban J connectivity index is 3.02. The monoisotopic (exact) mass is 204 g/mol. The number of halogens is 2. The van der Waals surface area contributed by atoms with Gasteiger partial charge in [-0.1, -0.05) is 29.8 Å². The van der Waals surface area contributed by atoms with Gasteiger partial charge in [0.05, 0.1) is 0 Å². The van der Waals surface area contributed by atoms with E-state index in [9.17, 15) is 4.79 Å². The molecule has 0 unspecified atom stereocenters. The van der Waals surface area contributed by atoms with Crippen LogP contribution >= 0.6 is 23.2 Å². The standard InChI is InChI=1S/C8H6Cl2O2/c9-6-4-2-1-3-5(6)7(10)8(11)12/h1-4,7H,(H,11,12)/t7-/m1/s1. The van der Waals surface area contributed by atoms with E-state index in [0.717, 1.165) is 0 Å². The summed E-state index contributed by atoms with van der Waals surface area (Å²) in [5.74, 6) is -1.09. The van der Waals surface area contributed by atoms with Gasteiger partial charge in [-0.15, -0.1) is 11.6 Å². The Bertz CT molecular complexity index is 299. The highest BCUT2D eigenvalue weighted by atomic mass is 35.5. The molecule has 0 bridgehead atoms. The van der Waals surface area contributed by atoms with E-state index in [-0.39, 0.29) is 0 Å². The molecule has 0 saturated carbocycles. The summed E-state index contributed by atoms with van der Waals surface area (Å²) in [7, 11) is 0. The fraction of sp³-hybridized carbons (Fsp3) is 0.125. The first-order valence-electron chi connectivity index (χ1n) is 3.24. The molecule has 0 aliphatic rings. The molecular formula is C8H6Cl2O2. The molecule has 4 heteroatoms. The van der Waals surface area contributed by atoms with Gasteiger partial charge >= 0.3 is 5.97 Å². The zero-order chi connectivity index (χ0) is 9.14. The minimum Gasteiger partial charge on any atom is -0.480 e. The summed E-state index contributed by atoms with van der Waals surface area (Å²) in [5.41, 5.74) is 0.424. The van der Waals surface area contributed by atoms with E-state index >= 15 is 0 Å². The van der Waals surface area contributed by atoms with Crippen molar-refractivity contribution >= 4 is 29.2 Å². The first kappa shape index (κ1) is 9.36. The number of alkyl halides is 1. The summed E-state index contributed by atoms with van der Waals surface area (Å²) in [6.45, 7) is 0. The molecular weight excluding hydrogens is 199 g/mol. The zero-order valence-electron chi connectivity index (χ0n) is 6.00. The molecule has 1 N–H and O–H groups in total. The molecule has 1 aromatic carbocycles. The number of benzene rings is 1. The SMILES string of the molecule is O=C(O)[C@H](Cl)c1ccccc1Cl. The molecule has 0 saturated heterocycles. The lowest BCUT2D eigenvalue weighted by molar-refractivity contribution is -0.136. The van der Waals surface area contributed by atoms with Gasteiger partial charge in [-0.2, -0.15) is 0 Å². The number of rotatable bonds is 2. The van der Waals surface area contributed by atoms with E-state index < -0.39 is 11.3 Å². The van der Waals surface area contributed by atoms with Crippen LogP contribution in [0, 0.1) is 0 Å². The van der Waals surface area contributed by atoms with Gasteiger partial charge in [-0.05, 0) is 11.6 Å². The third-order valence-corrected chi connectivity index (χ3v) is 2.16. The highest BCUT2D eigenvalue weighted by Gasteiger charge is 2.18. The second-order valence-corrected chi connectivity index (χ2v) is 3.07. The van der Waals surface area contributed by atoms with Crippen LogP contribution in [0.2, 0.25) is 5.02 Å². The maximum Gasteiger partial charge on any atom is 0.326 e. The van der Waals surface area contributed by atoms with Crippen molar-refractivity contribution < 1.29 is 9.90 Å². The molecule has 2 nitrogen and oxygen atoms in total. The van der Waals surface area contributed by atoms with Crippen LogP contribution in [0.25, 0.3) is 0 Å². The predicted octanol–water partition coefficient (Wildman–Crippen LogP) is 2.70. The number of carboxylic acid groups (broad SMARTS) is 1. The second-order valence-electron chi connectivity index (χ2n) is 2.22. The van der Waals surface area contributed by atoms with Gasteiger partial charge in [-0.3, -0.25) is 4.79 Å². The topological polar surface area (TPSA) is 37.3 Å². The van der Waals surface area contributed by atoms with Gasteiger partial charge in [0.1, 0.15) is 0 Å². The van der Waals surface area contributed by atoms with E-state index in [1.807, 2.05) is 0 Å². The molecule has 0 radical (unpaired) electrons. The van der Waals surface area contributed by atoms with E-state index in [4.69, 9.17) is 28.3 Å². The highest BCUT2D eigenvalue weighted by molar-refractivity contribution is 6.35. The largest absolute Gasteiger partial charge is 0.480 e. The number of carbonyl (C=O) groups is 1. The molecule has 0 amide bonds. The Hall–Kier alpha value is -0.730. The fourth-order valence-corrected chi connectivity index (χ4v) is 1.30. The Morgan fingerprint density at radius 1 is 1.42 bits per heavy atom. The van der Waals surface area contributed by atoms with Crippen LogP contribution in [-0.4, -0.2) is 11.1 Å². The van der Waals surface area contributed by atoms with Crippen molar-refractivity contribution in [2.75, 3.05) is 0 Å². The van der Waals surface area contributed by atoms with Crippen LogP contribution in [0.4, 0.5) is 0 Å². The van der Waals surface area contributed by atoms with Crippen molar-refractivity contribution in [1.29, 1.82) is 0 Å². The predicted molar refractivity (Wildman–Crippen MR) is 47.7 cm³/mol. The van der Waals surface area contributed by atoms with Crippen LogP contribution in [0.5, 0.6) is 0 Å². The average molecular weight is 205 g/mol. The number of aliphatic carboxylic acids is 1. The van der Waals surface area contributed by atoms with Crippen LogP contribution in [0.1, 0.15) is 10.9 Å². The first-order chi connectivity index (χ1) is 5.63. The highest BCUT2D eigenvalue weighted by Crippen LogP contribution is 2.27. The molecule has 0 fully saturated rings. The Labute approximate surface area is 79.7 Å². The smallest absolute Gasteiger partial charge is 0.326 e. The molecule has 0 aliphatic carbocycles. The molecule has 0 aliphatic heterocycles. The van der Waals surface area contributed by atoms with Crippen LogP contribution in [0.3, 0.4) is 0 Å². The van der Waals surface area contributed by atoms with Crippen LogP contribution < -0.4 is 0 Å². The van der Waals surface area contributed by atoms with Gasteiger partial charge in [0.2, 0.25) is 0 Å². The average Bonchev–Trinajstić information content (AvgIpc) is 2.04. The van der Waals surface area contributed by atoms with E-state index in [1.165, 1.54) is 0 Å². The molecule has 12 heavy (non-hydrogen) atoms. The molecule has 1 atom stereocenters. The molecule has 1 aromatic rings. The van der Waals surface area contributed by atoms with Crippen LogP contribution in [-0.2, 0) is 4.79 Å². The summed E-state index contributed by atoms with van der Waals surface area (Å²) < 4.78 is 0. The summed E-state index contributed by atoms with van der Waals surface area (Å²) >= 11 is 11.3. The lowest BCUT2D eigenvalue weighted by Crippen LogP contribution is -2.05. The fourth-order valence-electron chi connectivity index (χ4n) is 0.814. The first-order valence-corrected chi connectivity index (χ1v) is 4.05. The maximum atomic E-state index is 10.5. The number of hydrogen-bond donors (Lipinski definition) is 1. The van der Waals surface area contributed by atoms with Gasteiger partial charge in [0.25, 0.3) is 0 Å². The van der Waals surface area contributed by atoms with Gasteiger partial charge in [0, 0.05) is 5.02 Å². The van der Waals surface area contributed by atoms with E-state index in [1.54, 1.807) is 24.3 Å². The second kappa shape index (κ2) is 3.78. The Kier molecular flexibility index (Phi) is 2.95. The van der Waals surface area contributed by atoms with Crippen molar-refractivity contribution in [3.8, 4) is 0 Å².